The van der Waals surface area contributed by atoms with E-state index in [2.05, 4.69) is 41.7 Å². The van der Waals surface area contributed by atoms with Crippen LogP contribution in [0.3, 0.4) is 0 Å². The number of aryl methyl sites for hydroxylation is 2. The Morgan fingerprint density at radius 3 is 2.61 bits per heavy atom. The van der Waals surface area contributed by atoms with Crippen molar-refractivity contribution in [2.75, 3.05) is 19.6 Å². The fourth-order valence-electron chi connectivity index (χ4n) is 4.28. The third-order valence-electron chi connectivity index (χ3n) is 6.04. The number of rotatable bonds is 2. The molecule has 2 bridgehead atoms. The van der Waals surface area contributed by atoms with Crippen LogP contribution in [0.25, 0.3) is 10.9 Å². The zero-order valence-electron chi connectivity index (χ0n) is 14.2. The number of carbonyl (C=O) groups is 1. The molecule has 2 aromatic rings. The van der Waals surface area contributed by atoms with Crippen LogP contribution in [-0.4, -0.2) is 41.1 Å². The second kappa shape index (κ2) is 5.38. The van der Waals surface area contributed by atoms with Crippen LogP contribution < -0.4 is 5.32 Å². The third-order valence-corrected chi connectivity index (χ3v) is 6.04. The molecule has 1 atom stereocenters. The van der Waals surface area contributed by atoms with Gasteiger partial charge in [-0.3, -0.25) is 4.79 Å². The molecule has 4 heteroatoms. The number of nitrogens with one attached hydrogen (secondary N) is 1. The highest BCUT2D eigenvalue weighted by atomic mass is 16.1. The van der Waals surface area contributed by atoms with E-state index in [1.807, 2.05) is 12.1 Å². The predicted molar refractivity (Wildman–Crippen MR) is 92.8 cm³/mol. The zero-order chi connectivity index (χ0) is 16.1. The molecule has 122 valence electrons. The van der Waals surface area contributed by atoms with E-state index in [-0.39, 0.29) is 5.91 Å². The molecule has 5 rings (SSSR count). The zero-order valence-corrected chi connectivity index (χ0v) is 14.2. The summed E-state index contributed by atoms with van der Waals surface area (Å²) in [6, 6.07) is 6.40. The highest BCUT2D eigenvalue weighted by Crippen LogP contribution is 2.28. The summed E-state index contributed by atoms with van der Waals surface area (Å²) in [4.78, 5) is 15.2. The molecule has 4 nitrogen and oxygen atoms in total. The maximum atomic E-state index is 12.7. The van der Waals surface area contributed by atoms with Gasteiger partial charge in [-0.1, -0.05) is 0 Å². The topological polar surface area (TPSA) is 37.3 Å². The van der Waals surface area contributed by atoms with Crippen molar-refractivity contribution in [2.24, 2.45) is 13.0 Å². The Morgan fingerprint density at radius 2 is 1.96 bits per heavy atom. The van der Waals surface area contributed by atoms with Crippen molar-refractivity contribution in [1.29, 1.82) is 0 Å². The normalized spacial score (nSPS) is 26.7. The van der Waals surface area contributed by atoms with Crippen LogP contribution in [0.4, 0.5) is 0 Å². The minimum Gasteiger partial charge on any atom is -0.348 e. The summed E-state index contributed by atoms with van der Waals surface area (Å²) in [6.45, 7) is 7.67. The van der Waals surface area contributed by atoms with Crippen LogP contribution in [-0.2, 0) is 7.05 Å². The molecular formula is C19H25N3O. The molecule has 3 fully saturated rings. The highest BCUT2D eigenvalue weighted by Gasteiger charge is 2.34. The molecule has 3 aliphatic rings. The lowest BCUT2D eigenvalue weighted by Gasteiger charge is -2.44. The van der Waals surface area contributed by atoms with Crippen molar-refractivity contribution in [3.63, 3.8) is 0 Å². The summed E-state index contributed by atoms with van der Waals surface area (Å²) in [6.07, 6.45) is 2.45. The first-order valence-corrected chi connectivity index (χ1v) is 8.63. The van der Waals surface area contributed by atoms with Crippen molar-refractivity contribution in [2.45, 2.75) is 32.7 Å². The van der Waals surface area contributed by atoms with Crippen LogP contribution >= 0.6 is 0 Å². The Balaban J connectivity index is 1.59. The maximum absolute atomic E-state index is 12.7. The van der Waals surface area contributed by atoms with Crippen LogP contribution in [0, 0.1) is 19.8 Å². The fraction of sp³-hybridized carbons (Fsp3) is 0.526. The van der Waals surface area contributed by atoms with Crippen molar-refractivity contribution in [1.82, 2.24) is 14.8 Å². The first kappa shape index (κ1) is 14.8. The lowest BCUT2D eigenvalue weighted by Crippen LogP contribution is -2.57. The molecule has 23 heavy (non-hydrogen) atoms. The first-order chi connectivity index (χ1) is 11.0. The number of benzene rings is 1. The molecule has 0 saturated carbocycles. The molecule has 1 amide bonds. The van der Waals surface area contributed by atoms with Gasteiger partial charge in [0.2, 0.25) is 0 Å². The maximum Gasteiger partial charge on any atom is 0.251 e. The molecule has 1 aromatic carbocycles. The van der Waals surface area contributed by atoms with Gasteiger partial charge in [0.1, 0.15) is 0 Å². The lowest BCUT2D eigenvalue weighted by molar-refractivity contribution is 0.0620. The van der Waals surface area contributed by atoms with Gasteiger partial charge in [-0.25, -0.2) is 0 Å². The molecule has 1 unspecified atom stereocenters. The molecule has 0 aliphatic carbocycles. The second-order valence-corrected chi connectivity index (χ2v) is 7.22. The number of hydrogen-bond acceptors (Lipinski definition) is 2. The van der Waals surface area contributed by atoms with Gasteiger partial charge in [-0.05, 0) is 69.5 Å². The summed E-state index contributed by atoms with van der Waals surface area (Å²) in [5, 5.41) is 4.47. The smallest absolute Gasteiger partial charge is 0.251 e. The molecule has 0 radical (unpaired) electrons. The van der Waals surface area contributed by atoms with Gasteiger partial charge < -0.3 is 14.8 Å². The number of fused-ring (bicyclic) bond motifs is 4. The van der Waals surface area contributed by atoms with Gasteiger partial charge in [-0.15, -0.1) is 0 Å². The van der Waals surface area contributed by atoms with Gasteiger partial charge in [0.05, 0.1) is 0 Å². The average Bonchev–Trinajstić information content (AvgIpc) is 2.80. The number of nitrogens with zero attached hydrogens (tertiary/aromatic N) is 2. The van der Waals surface area contributed by atoms with E-state index < -0.39 is 0 Å². The third kappa shape index (κ3) is 2.36. The van der Waals surface area contributed by atoms with Crippen molar-refractivity contribution in [3.05, 3.63) is 35.0 Å². The Hall–Kier alpha value is -1.81. The van der Waals surface area contributed by atoms with Crippen LogP contribution in [0.5, 0.6) is 0 Å². The molecule has 0 spiro atoms. The summed E-state index contributed by atoms with van der Waals surface area (Å²) < 4.78 is 2.19. The predicted octanol–water partition coefficient (Wildman–Crippen LogP) is 2.62. The molecule has 1 N–H and O–H groups in total. The summed E-state index contributed by atoms with van der Waals surface area (Å²) in [5.74, 6) is 0.736. The molecule has 3 saturated heterocycles. The van der Waals surface area contributed by atoms with Gasteiger partial charge >= 0.3 is 0 Å². The Bertz CT molecular complexity index is 769. The van der Waals surface area contributed by atoms with Crippen LogP contribution in [0.15, 0.2) is 18.2 Å². The Kier molecular flexibility index (Phi) is 3.45. The number of aromatic nitrogens is 1. The standard InChI is InChI=1S/C19H25N3O/c1-12-13(2)21(3)18-5-4-15(10-16(12)18)19(23)20-17-11-22-8-6-14(17)7-9-22/h4-5,10,14,17H,6-9,11H2,1-3H3,(H,20,23). The highest BCUT2D eigenvalue weighted by molar-refractivity contribution is 5.99. The largest absolute Gasteiger partial charge is 0.348 e. The monoisotopic (exact) mass is 311 g/mol. The van der Waals surface area contributed by atoms with E-state index in [9.17, 15) is 4.79 Å². The molecule has 3 aliphatic heterocycles. The SMILES string of the molecule is Cc1c(C)n(C)c2ccc(C(=O)NC3CN4CCC3CC4)cc12. The van der Waals surface area contributed by atoms with Crippen LogP contribution in [0.2, 0.25) is 0 Å². The van der Waals surface area contributed by atoms with E-state index >= 15 is 0 Å². The molecule has 4 heterocycles. The van der Waals surface area contributed by atoms with E-state index in [1.54, 1.807) is 0 Å². The number of amides is 1. The second-order valence-electron chi connectivity index (χ2n) is 7.22. The van der Waals surface area contributed by atoms with E-state index in [1.165, 1.54) is 48.1 Å². The van der Waals surface area contributed by atoms with Gasteiger partial charge in [0.15, 0.2) is 0 Å². The van der Waals surface area contributed by atoms with E-state index in [0.29, 0.717) is 12.0 Å². The molecule has 1 aromatic heterocycles. The van der Waals surface area contributed by atoms with Crippen molar-refractivity contribution in [3.8, 4) is 0 Å². The number of hydrogen-bond donors (Lipinski definition) is 1. The Labute approximate surface area is 137 Å². The van der Waals surface area contributed by atoms with Crippen molar-refractivity contribution >= 4 is 16.8 Å². The van der Waals surface area contributed by atoms with Crippen molar-refractivity contribution < 1.29 is 4.79 Å². The summed E-state index contributed by atoms with van der Waals surface area (Å²) in [5.41, 5.74) is 4.50. The van der Waals surface area contributed by atoms with E-state index in [0.717, 1.165) is 12.1 Å². The Morgan fingerprint density at radius 1 is 1.22 bits per heavy atom. The van der Waals surface area contributed by atoms with Gasteiger partial charge in [0.25, 0.3) is 5.91 Å². The molecular weight excluding hydrogens is 286 g/mol. The minimum absolute atomic E-state index is 0.0755. The van der Waals surface area contributed by atoms with Crippen LogP contribution in [0.1, 0.15) is 34.5 Å². The summed E-state index contributed by atoms with van der Waals surface area (Å²) in [7, 11) is 2.08. The minimum atomic E-state index is 0.0755. The van der Waals surface area contributed by atoms with Gasteiger partial charge in [-0.2, -0.15) is 0 Å². The average molecular weight is 311 g/mol. The lowest BCUT2D eigenvalue weighted by atomic mass is 9.84. The number of piperidine rings is 3. The van der Waals surface area contributed by atoms with E-state index in [4.69, 9.17) is 0 Å². The van der Waals surface area contributed by atoms with Gasteiger partial charge in [0, 0.05) is 41.8 Å². The quantitative estimate of drug-likeness (QED) is 0.926. The number of carbonyl (C=O) groups excluding carboxylic acids is 1. The summed E-state index contributed by atoms with van der Waals surface area (Å²) >= 11 is 0. The first-order valence-electron chi connectivity index (χ1n) is 8.63. The fourth-order valence-corrected chi connectivity index (χ4v) is 4.28.